The number of hydrogen-bond donors (Lipinski definition) is 0. The van der Waals surface area contributed by atoms with Crippen LogP contribution >= 0.6 is 0 Å². The predicted molar refractivity (Wildman–Crippen MR) is 110 cm³/mol. The molecule has 0 saturated carbocycles. The van der Waals surface area contributed by atoms with Crippen molar-refractivity contribution in [3.8, 4) is 0 Å². The highest BCUT2D eigenvalue weighted by Gasteiger charge is 2.19. The fourth-order valence-corrected chi connectivity index (χ4v) is 3.12. The van der Waals surface area contributed by atoms with Crippen LogP contribution in [0.2, 0.25) is 0 Å². The summed E-state index contributed by atoms with van der Waals surface area (Å²) < 4.78 is 5.89. The van der Waals surface area contributed by atoms with E-state index in [-0.39, 0.29) is 18.5 Å². The fourth-order valence-electron chi connectivity index (χ4n) is 3.12. The van der Waals surface area contributed by atoms with Gasteiger partial charge in [0.1, 0.15) is 0 Å². The lowest BCUT2D eigenvalue weighted by molar-refractivity contribution is -0.146. The molecule has 1 atom stereocenters. The maximum Gasteiger partial charge on any atom is 0.311 e. The van der Waals surface area contributed by atoms with E-state index in [1.165, 1.54) is 5.56 Å². The monoisotopic (exact) mass is 358 g/mol. The SMILES string of the molecule is CCC(C)c1ccc(CC(=O)OC(c2ccccc2)c2ccccc2)cc1. The van der Waals surface area contributed by atoms with Crippen molar-refractivity contribution < 1.29 is 9.53 Å². The van der Waals surface area contributed by atoms with E-state index in [4.69, 9.17) is 4.74 Å². The molecule has 0 amide bonds. The molecule has 0 aliphatic heterocycles. The largest absolute Gasteiger partial charge is 0.452 e. The van der Waals surface area contributed by atoms with E-state index in [1.807, 2.05) is 72.8 Å². The van der Waals surface area contributed by atoms with E-state index in [0.717, 1.165) is 23.1 Å². The lowest BCUT2D eigenvalue weighted by Gasteiger charge is -2.19. The van der Waals surface area contributed by atoms with Crippen LogP contribution in [0.15, 0.2) is 84.9 Å². The Bertz CT molecular complexity index is 799. The highest BCUT2D eigenvalue weighted by Crippen LogP contribution is 2.26. The molecule has 0 heterocycles. The third-order valence-corrected chi connectivity index (χ3v) is 4.96. The zero-order valence-electron chi connectivity index (χ0n) is 16.0. The van der Waals surface area contributed by atoms with Gasteiger partial charge >= 0.3 is 5.97 Å². The average Bonchev–Trinajstić information content (AvgIpc) is 2.73. The van der Waals surface area contributed by atoms with Crippen LogP contribution in [0.5, 0.6) is 0 Å². The Morgan fingerprint density at radius 3 is 1.78 bits per heavy atom. The average molecular weight is 358 g/mol. The second-order valence-electron chi connectivity index (χ2n) is 6.92. The molecule has 0 bridgehead atoms. The van der Waals surface area contributed by atoms with Crippen molar-refractivity contribution in [3.05, 3.63) is 107 Å². The summed E-state index contributed by atoms with van der Waals surface area (Å²) in [4.78, 5) is 12.6. The van der Waals surface area contributed by atoms with Crippen LogP contribution in [0.3, 0.4) is 0 Å². The van der Waals surface area contributed by atoms with Crippen molar-refractivity contribution in [1.82, 2.24) is 0 Å². The van der Waals surface area contributed by atoms with Crippen LogP contribution in [0.1, 0.15) is 54.5 Å². The highest BCUT2D eigenvalue weighted by molar-refractivity contribution is 5.73. The molecular formula is C25H26O2. The van der Waals surface area contributed by atoms with Crippen molar-refractivity contribution in [2.24, 2.45) is 0 Å². The summed E-state index contributed by atoms with van der Waals surface area (Å²) in [5, 5.41) is 0. The van der Waals surface area contributed by atoms with Gasteiger partial charge in [-0.25, -0.2) is 0 Å². The van der Waals surface area contributed by atoms with E-state index in [2.05, 4.69) is 26.0 Å². The first-order valence-corrected chi connectivity index (χ1v) is 9.55. The van der Waals surface area contributed by atoms with Gasteiger partial charge in [-0.3, -0.25) is 4.79 Å². The molecule has 27 heavy (non-hydrogen) atoms. The van der Waals surface area contributed by atoms with E-state index < -0.39 is 0 Å². The molecule has 1 unspecified atom stereocenters. The molecule has 2 nitrogen and oxygen atoms in total. The van der Waals surface area contributed by atoms with E-state index in [9.17, 15) is 4.79 Å². The molecule has 2 heteroatoms. The Morgan fingerprint density at radius 2 is 1.30 bits per heavy atom. The number of carbonyl (C=O) groups is 1. The molecule has 3 rings (SSSR count). The van der Waals surface area contributed by atoms with Crippen LogP contribution in [0.25, 0.3) is 0 Å². The predicted octanol–water partition coefficient (Wildman–Crippen LogP) is 6.08. The van der Waals surface area contributed by atoms with Gasteiger partial charge in [0.2, 0.25) is 0 Å². The summed E-state index contributed by atoms with van der Waals surface area (Å²) in [6.45, 7) is 4.40. The first kappa shape index (κ1) is 18.9. The summed E-state index contributed by atoms with van der Waals surface area (Å²) in [5.41, 5.74) is 4.24. The van der Waals surface area contributed by atoms with Crippen molar-refractivity contribution in [2.75, 3.05) is 0 Å². The van der Waals surface area contributed by atoms with E-state index >= 15 is 0 Å². The molecule has 0 aliphatic rings. The minimum atomic E-state index is -0.390. The van der Waals surface area contributed by atoms with Gasteiger partial charge in [-0.15, -0.1) is 0 Å². The third kappa shape index (κ3) is 5.07. The van der Waals surface area contributed by atoms with Crippen LogP contribution in [0, 0.1) is 0 Å². The van der Waals surface area contributed by atoms with Crippen LogP contribution in [-0.4, -0.2) is 5.97 Å². The van der Waals surface area contributed by atoms with Crippen LogP contribution in [0.4, 0.5) is 0 Å². The summed E-state index contributed by atoms with van der Waals surface area (Å²) in [6.07, 6.45) is 0.994. The van der Waals surface area contributed by atoms with Gasteiger partial charge in [0.25, 0.3) is 0 Å². The van der Waals surface area contributed by atoms with Gasteiger partial charge in [0.05, 0.1) is 6.42 Å². The molecular weight excluding hydrogens is 332 g/mol. The summed E-state index contributed by atoms with van der Waals surface area (Å²) in [7, 11) is 0. The van der Waals surface area contributed by atoms with Gasteiger partial charge in [-0.05, 0) is 34.6 Å². The number of benzene rings is 3. The molecule has 0 radical (unpaired) electrons. The first-order valence-electron chi connectivity index (χ1n) is 9.55. The Kier molecular flexibility index (Phi) is 6.43. The van der Waals surface area contributed by atoms with Gasteiger partial charge in [-0.1, -0.05) is 98.8 Å². The van der Waals surface area contributed by atoms with Crippen LogP contribution < -0.4 is 0 Å². The van der Waals surface area contributed by atoms with Crippen molar-refractivity contribution in [1.29, 1.82) is 0 Å². The number of rotatable bonds is 7. The van der Waals surface area contributed by atoms with Crippen molar-refractivity contribution >= 4 is 5.97 Å². The normalized spacial score (nSPS) is 12.0. The molecule has 138 valence electrons. The van der Waals surface area contributed by atoms with Crippen LogP contribution in [-0.2, 0) is 16.0 Å². The molecule has 0 aliphatic carbocycles. The van der Waals surface area contributed by atoms with Gasteiger partial charge < -0.3 is 4.74 Å². The van der Waals surface area contributed by atoms with Gasteiger partial charge in [0.15, 0.2) is 6.10 Å². The summed E-state index contributed by atoms with van der Waals surface area (Å²) >= 11 is 0. The number of carbonyl (C=O) groups excluding carboxylic acids is 1. The van der Waals surface area contributed by atoms with E-state index in [0.29, 0.717) is 5.92 Å². The topological polar surface area (TPSA) is 26.3 Å². The molecule has 0 spiro atoms. The maximum absolute atomic E-state index is 12.6. The third-order valence-electron chi connectivity index (χ3n) is 4.96. The number of esters is 1. The number of hydrogen-bond acceptors (Lipinski definition) is 2. The molecule has 3 aromatic rings. The lowest BCUT2D eigenvalue weighted by Crippen LogP contribution is -2.14. The molecule has 0 N–H and O–H groups in total. The summed E-state index contributed by atoms with van der Waals surface area (Å²) in [5.74, 6) is 0.315. The lowest BCUT2D eigenvalue weighted by atomic mass is 9.97. The minimum absolute atomic E-state index is 0.219. The highest BCUT2D eigenvalue weighted by atomic mass is 16.5. The smallest absolute Gasteiger partial charge is 0.311 e. The summed E-state index contributed by atoms with van der Waals surface area (Å²) in [6, 6.07) is 28.0. The molecule has 0 saturated heterocycles. The zero-order valence-corrected chi connectivity index (χ0v) is 16.0. The minimum Gasteiger partial charge on any atom is -0.452 e. The zero-order chi connectivity index (χ0) is 19.1. The Balaban J connectivity index is 1.73. The van der Waals surface area contributed by atoms with Gasteiger partial charge in [0, 0.05) is 0 Å². The quantitative estimate of drug-likeness (QED) is 0.479. The van der Waals surface area contributed by atoms with E-state index in [1.54, 1.807) is 0 Å². The second kappa shape index (κ2) is 9.18. The fraction of sp³-hybridized carbons (Fsp3) is 0.240. The van der Waals surface area contributed by atoms with Gasteiger partial charge in [-0.2, -0.15) is 0 Å². The molecule has 0 fully saturated rings. The van der Waals surface area contributed by atoms with Crippen molar-refractivity contribution in [2.45, 2.75) is 38.7 Å². The van der Waals surface area contributed by atoms with Crippen molar-refractivity contribution in [3.63, 3.8) is 0 Å². The maximum atomic E-state index is 12.6. The Labute approximate surface area is 161 Å². The Morgan fingerprint density at radius 1 is 0.778 bits per heavy atom. The Hall–Kier alpha value is -2.87. The first-order chi connectivity index (χ1) is 13.2. The number of ether oxygens (including phenoxy) is 1. The standard InChI is InChI=1S/C25H26O2/c1-3-19(2)21-16-14-20(15-17-21)18-24(26)27-25(22-10-6-4-7-11-22)23-12-8-5-9-13-23/h4-17,19,25H,3,18H2,1-2H3. The second-order valence-corrected chi connectivity index (χ2v) is 6.92. The molecule has 0 aromatic heterocycles. The molecule has 3 aromatic carbocycles.